The van der Waals surface area contributed by atoms with Gasteiger partial charge in [-0.15, -0.1) is 0 Å². The zero-order valence-electron chi connectivity index (χ0n) is 21.1. The van der Waals surface area contributed by atoms with Crippen LogP contribution in [-0.2, 0) is 22.5 Å². The van der Waals surface area contributed by atoms with Gasteiger partial charge in [0, 0.05) is 13.7 Å². The van der Waals surface area contributed by atoms with E-state index in [2.05, 4.69) is 0 Å². The lowest BCUT2D eigenvalue weighted by atomic mass is 9.76. The minimum absolute atomic E-state index is 0.0635. The lowest BCUT2D eigenvalue weighted by Crippen LogP contribution is -2.20. The predicted molar refractivity (Wildman–Crippen MR) is 133 cm³/mol. The largest absolute Gasteiger partial charge is 0.381 e. The average Bonchev–Trinajstić information content (AvgIpc) is 2.89. The van der Waals surface area contributed by atoms with Crippen molar-refractivity contribution in [2.45, 2.75) is 95.7 Å². The minimum Gasteiger partial charge on any atom is -0.381 e. The van der Waals surface area contributed by atoms with E-state index < -0.39 is 11.6 Å². The van der Waals surface area contributed by atoms with Gasteiger partial charge >= 0.3 is 0 Å². The van der Waals surface area contributed by atoms with Gasteiger partial charge < -0.3 is 9.47 Å². The molecule has 35 heavy (non-hydrogen) atoms. The van der Waals surface area contributed by atoms with Crippen molar-refractivity contribution < 1.29 is 22.6 Å². The van der Waals surface area contributed by atoms with Crippen molar-refractivity contribution in [3.05, 3.63) is 70.0 Å². The molecule has 5 heteroatoms. The summed E-state index contributed by atoms with van der Waals surface area (Å²) in [7, 11) is 1.72. The van der Waals surface area contributed by atoms with Crippen molar-refractivity contribution in [3.8, 4) is 0 Å². The van der Waals surface area contributed by atoms with Gasteiger partial charge in [-0.2, -0.15) is 0 Å². The number of methoxy groups -OCH3 is 1. The maximum atomic E-state index is 15.1. The van der Waals surface area contributed by atoms with Crippen LogP contribution < -0.4 is 0 Å². The summed E-state index contributed by atoms with van der Waals surface area (Å²) >= 11 is 0. The molecule has 0 unspecified atom stereocenters. The first kappa shape index (κ1) is 26.2. The molecule has 2 aliphatic rings. The van der Waals surface area contributed by atoms with Crippen molar-refractivity contribution in [1.82, 2.24) is 0 Å². The molecule has 0 atom stereocenters. The molecule has 0 aliphatic heterocycles. The van der Waals surface area contributed by atoms with Crippen LogP contribution in [0, 0.1) is 23.4 Å². The van der Waals surface area contributed by atoms with Gasteiger partial charge in [-0.25, -0.2) is 13.2 Å². The molecule has 0 bridgehead atoms. The average molecular weight is 489 g/mol. The summed E-state index contributed by atoms with van der Waals surface area (Å²) in [5, 5.41) is 0. The van der Waals surface area contributed by atoms with Gasteiger partial charge in [0.2, 0.25) is 0 Å². The van der Waals surface area contributed by atoms with Crippen LogP contribution in [0.15, 0.2) is 30.3 Å². The maximum absolute atomic E-state index is 15.1. The van der Waals surface area contributed by atoms with Crippen molar-refractivity contribution in [1.29, 1.82) is 0 Å². The van der Waals surface area contributed by atoms with E-state index in [0.717, 1.165) is 68.9 Å². The van der Waals surface area contributed by atoms with Crippen LogP contribution in [0.25, 0.3) is 0 Å². The Morgan fingerprint density at radius 3 is 1.94 bits per heavy atom. The molecule has 2 aliphatic carbocycles. The van der Waals surface area contributed by atoms with Crippen LogP contribution in [0.4, 0.5) is 13.2 Å². The monoisotopic (exact) mass is 488 g/mol. The highest BCUT2D eigenvalue weighted by molar-refractivity contribution is 5.32. The highest BCUT2D eigenvalue weighted by Crippen LogP contribution is 2.41. The van der Waals surface area contributed by atoms with E-state index in [1.807, 2.05) is 31.2 Å². The number of hydrogen-bond donors (Lipinski definition) is 0. The molecule has 2 saturated carbocycles. The zero-order chi connectivity index (χ0) is 24.8. The fourth-order valence-corrected chi connectivity index (χ4v) is 6.04. The zero-order valence-corrected chi connectivity index (χ0v) is 21.1. The molecule has 4 rings (SSSR count). The van der Waals surface area contributed by atoms with Crippen molar-refractivity contribution in [3.63, 3.8) is 0 Å². The number of benzene rings is 2. The number of ether oxygens (including phenoxy) is 2. The predicted octanol–water partition coefficient (Wildman–Crippen LogP) is 8.22. The third-order valence-electron chi connectivity index (χ3n) is 8.29. The highest BCUT2D eigenvalue weighted by Gasteiger charge is 2.29. The molecule has 192 valence electrons. The van der Waals surface area contributed by atoms with Gasteiger partial charge in [0.15, 0.2) is 11.6 Å². The first-order valence-corrected chi connectivity index (χ1v) is 13.4. The topological polar surface area (TPSA) is 18.5 Å². The summed E-state index contributed by atoms with van der Waals surface area (Å²) in [5.41, 5.74) is 2.67. The number of halogens is 3. The Hall–Kier alpha value is -1.85. The van der Waals surface area contributed by atoms with E-state index in [1.54, 1.807) is 13.2 Å². The molecule has 2 nitrogen and oxygen atoms in total. The van der Waals surface area contributed by atoms with Crippen LogP contribution in [0.5, 0.6) is 0 Å². The highest BCUT2D eigenvalue weighted by atomic mass is 19.2. The normalized spacial score (nSPS) is 25.1. The molecule has 0 radical (unpaired) electrons. The lowest BCUT2D eigenvalue weighted by Gasteiger charge is -2.31. The summed E-state index contributed by atoms with van der Waals surface area (Å²) in [4.78, 5) is 0. The Morgan fingerprint density at radius 1 is 0.800 bits per heavy atom. The standard InChI is InChI=1S/C30H39F3O2/c1-3-35-19-21-7-11-24(28(31)18-21)10-6-20-4-8-22(9-5-20)26-16-17-27(30(33)29(26)32)23-12-14-25(34-2)15-13-23/h7,11,16-18,20,22-23,25H,3-6,8-10,12-15,19H2,1-2H3. The van der Waals surface area contributed by atoms with Gasteiger partial charge in [-0.05, 0) is 117 Å². The van der Waals surface area contributed by atoms with Gasteiger partial charge in [0.1, 0.15) is 5.82 Å². The summed E-state index contributed by atoms with van der Waals surface area (Å²) in [6.07, 6.45) is 9.01. The Balaban J connectivity index is 1.30. The molecule has 0 amide bonds. The second kappa shape index (κ2) is 12.4. The SMILES string of the molecule is CCOCc1ccc(CCC2CCC(c3ccc(C4CCC(OC)CC4)c(F)c3F)CC2)c(F)c1. The molecular weight excluding hydrogens is 449 g/mol. The molecule has 0 N–H and O–H groups in total. The molecular formula is C30H39F3O2. The van der Waals surface area contributed by atoms with Crippen LogP contribution in [0.3, 0.4) is 0 Å². The lowest BCUT2D eigenvalue weighted by molar-refractivity contribution is 0.0655. The Morgan fingerprint density at radius 2 is 1.40 bits per heavy atom. The third-order valence-corrected chi connectivity index (χ3v) is 8.29. The first-order valence-electron chi connectivity index (χ1n) is 13.4. The maximum Gasteiger partial charge on any atom is 0.162 e. The smallest absolute Gasteiger partial charge is 0.162 e. The molecule has 2 fully saturated rings. The van der Waals surface area contributed by atoms with Crippen molar-refractivity contribution in [2.24, 2.45) is 5.92 Å². The van der Waals surface area contributed by atoms with Crippen molar-refractivity contribution >= 4 is 0 Å². The Kier molecular flexibility index (Phi) is 9.29. The van der Waals surface area contributed by atoms with Gasteiger partial charge in [-0.3, -0.25) is 0 Å². The minimum atomic E-state index is -0.645. The molecule has 0 saturated heterocycles. The Labute approximate surface area is 208 Å². The van der Waals surface area contributed by atoms with E-state index in [-0.39, 0.29) is 23.8 Å². The van der Waals surface area contributed by atoms with E-state index in [9.17, 15) is 4.39 Å². The van der Waals surface area contributed by atoms with Gasteiger partial charge in [0.25, 0.3) is 0 Å². The van der Waals surface area contributed by atoms with Crippen LogP contribution in [0.1, 0.15) is 98.8 Å². The second-order valence-electron chi connectivity index (χ2n) is 10.4. The fraction of sp³-hybridized carbons (Fsp3) is 0.600. The summed E-state index contributed by atoms with van der Waals surface area (Å²) < 4.78 is 55.4. The first-order chi connectivity index (χ1) is 17.0. The molecule has 2 aromatic rings. The Bertz CT molecular complexity index is 960. The van der Waals surface area contributed by atoms with E-state index in [1.165, 1.54) is 0 Å². The van der Waals surface area contributed by atoms with Crippen molar-refractivity contribution in [2.75, 3.05) is 13.7 Å². The van der Waals surface area contributed by atoms with Gasteiger partial charge in [0.05, 0.1) is 12.7 Å². The van der Waals surface area contributed by atoms with Crippen LogP contribution in [-0.4, -0.2) is 19.8 Å². The van der Waals surface area contributed by atoms with E-state index >= 15 is 8.78 Å². The van der Waals surface area contributed by atoms with Crippen LogP contribution >= 0.6 is 0 Å². The quantitative estimate of drug-likeness (QED) is 0.354. The molecule has 0 heterocycles. The van der Waals surface area contributed by atoms with Crippen LogP contribution in [0.2, 0.25) is 0 Å². The second-order valence-corrected chi connectivity index (χ2v) is 10.4. The third kappa shape index (κ3) is 6.48. The fourth-order valence-electron chi connectivity index (χ4n) is 6.04. The van der Waals surface area contributed by atoms with E-state index in [4.69, 9.17) is 9.47 Å². The van der Waals surface area contributed by atoms with E-state index in [0.29, 0.717) is 36.7 Å². The number of aryl methyl sites for hydroxylation is 1. The van der Waals surface area contributed by atoms with Gasteiger partial charge in [-0.1, -0.05) is 24.3 Å². The summed E-state index contributed by atoms with van der Waals surface area (Å²) in [6, 6.07) is 9.05. The molecule has 2 aromatic carbocycles. The summed E-state index contributed by atoms with van der Waals surface area (Å²) in [6.45, 7) is 2.97. The summed E-state index contributed by atoms with van der Waals surface area (Å²) in [5.74, 6) is -0.813. The molecule has 0 aromatic heterocycles. The molecule has 0 spiro atoms. The number of hydrogen-bond acceptors (Lipinski definition) is 2. The number of rotatable bonds is 9.